The molecule has 0 spiro atoms. The number of imidazole rings is 1. The number of aromatic nitrogens is 3. The van der Waals surface area contributed by atoms with Crippen molar-refractivity contribution in [2.75, 3.05) is 13.1 Å². The molecule has 0 bridgehead atoms. The summed E-state index contributed by atoms with van der Waals surface area (Å²) in [5.74, 6) is 1.90. The third-order valence-corrected chi connectivity index (χ3v) is 6.59. The average molecular weight is 381 g/mol. The number of nitrogens with zero attached hydrogens (tertiary/aromatic N) is 4. The van der Waals surface area contributed by atoms with E-state index in [1.54, 1.807) is 0 Å². The van der Waals surface area contributed by atoms with E-state index in [-0.39, 0.29) is 0 Å². The molecule has 1 saturated carbocycles. The molecule has 1 aliphatic heterocycles. The third kappa shape index (κ3) is 3.26. The van der Waals surface area contributed by atoms with E-state index in [4.69, 9.17) is 16.6 Å². The van der Waals surface area contributed by atoms with Gasteiger partial charge in [0.2, 0.25) is 0 Å². The summed E-state index contributed by atoms with van der Waals surface area (Å²) in [6.07, 6.45) is 8.07. The molecule has 4 nitrogen and oxygen atoms in total. The van der Waals surface area contributed by atoms with Gasteiger partial charge in [-0.3, -0.25) is 4.90 Å². The smallest absolute Gasteiger partial charge is 0.160 e. The van der Waals surface area contributed by atoms with Gasteiger partial charge >= 0.3 is 0 Å². The van der Waals surface area contributed by atoms with Gasteiger partial charge in [0.25, 0.3) is 0 Å². The summed E-state index contributed by atoms with van der Waals surface area (Å²) in [6, 6.07) is 12.8. The molecule has 27 heavy (non-hydrogen) atoms. The molecule has 1 aromatic carbocycles. The van der Waals surface area contributed by atoms with Crippen LogP contribution < -0.4 is 0 Å². The van der Waals surface area contributed by atoms with Crippen molar-refractivity contribution in [3.63, 3.8) is 0 Å². The van der Waals surface area contributed by atoms with E-state index in [1.165, 1.54) is 30.7 Å². The molecular formula is C22H25ClN4. The van der Waals surface area contributed by atoms with Crippen LogP contribution in [0.25, 0.3) is 11.2 Å². The number of likely N-dealkylation sites (tertiary alicyclic amines) is 1. The van der Waals surface area contributed by atoms with E-state index in [0.717, 1.165) is 48.7 Å². The molecule has 0 unspecified atom stereocenters. The second-order valence-corrected chi connectivity index (χ2v) is 8.32. The third-order valence-electron chi connectivity index (χ3n) is 6.22. The van der Waals surface area contributed by atoms with Gasteiger partial charge in [-0.15, -0.1) is 0 Å². The zero-order valence-corrected chi connectivity index (χ0v) is 16.3. The largest absolute Gasteiger partial charge is 0.309 e. The molecule has 0 N–H and O–H groups in total. The molecule has 3 aromatic rings. The molecule has 140 valence electrons. The lowest BCUT2D eigenvalue weighted by Crippen LogP contribution is -2.35. The van der Waals surface area contributed by atoms with Gasteiger partial charge in [0.1, 0.15) is 11.3 Å². The summed E-state index contributed by atoms with van der Waals surface area (Å²) in [5, 5.41) is 0.872. The predicted octanol–water partition coefficient (Wildman–Crippen LogP) is 5.19. The molecule has 0 amide bonds. The van der Waals surface area contributed by atoms with Crippen LogP contribution in [0.15, 0.2) is 42.6 Å². The normalized spacial score (nSPS) is 19.4. The maximum Gasteiger partial charge on any atom is 0.160 e. The van der Waals surface area contributed by atoms with Gasteiger partial charge < -0.3 is 4.57 Å². The summed E-state index contributed by atoms with van der Waals surface area (Å²) >= 11 is 6.35. The quantitative estimate of drug-likeness (QED) is 0.624. The first-order valence-electron chi connectivity index (χ1n) is 10.1. The van der Waals surface area contributed by atoms with E-state index in [1.807, 2.05) is 24.4 Å². The molecule has 2 aliphatic rings. The molecule has 0 atom stereocenters. The van der Waals surface area contributed by atoms with Gasteiger partial charge in [-0.1, -0.05) is 36.2 Å². The van der Waals surface area contributed by atoms with Crippen molar-refractivity contribution in [1.82, 2.24) is 19.4 Å². The number of piperidine rings is 1. The summed E-state index contributed by atoms with van der Waals surface area (Å²) < 4.78 is 2.48. The lowest BCUT2D eigenvalue weighted by molar-refractivity contribution is 0.177. The predicted molar refractivity (Wildman–Crippen MR) is 109 cm³/mol. The highest BCUT2D eigenvalue weighted by Gasteiger charge is 2.30. The molecule has 1 aliphatic carbocycles. The van der Waals surface area contributed by atoms with Gasteiger partial charge in [0.15, 0.2) is 5.65 Å². The van der Waals surface area contributed by atoms with Gasteiger partial charge in [0.05, 0.1) is 0 Å². The Morgan fingerprint density at radius 3 is 2.56 bits per heavy atom. The summed E-state index contributed by atoms with van der Waals surface area (Å²) in [6.45, 7) is 3.11. The zero-order chi connectivity index (χ0) is 18.2. The van der Waals surface area contributed by atoms with Crippen molar-refractivity contribution in [3.05, 3.63) is 59.0 Å². The van der Waals surface area contributed by atoms with Crippen LogP contribution in [0.2, 0.25) is 5.02 Å². The number of hydrogen-bond donors (Lipinski definition) is 0. The van der Waals surface area contributed by atoms with Crippen LogP contribution in [0.1, 0.15) is 55.5 Å². The molecule has 5 heteroatoms. The summed E-state index contributed by atoms with van der Waals surface area (Å²) in [4.78, 5) is 12.2. The first-order valence-corrected chi connectivity index (χ1v) is 10.5. The number of rotatable bonds is 4. The van der Waals surface area contributed by atoms with Crippen molar-refractivity contribution in [3.8, 4) is 0 Å². The fourth-order valence-corrected chi connectivity index (χ4v) is 4.66. The Hall–Kier alpha value is -1.91. The Labute approximate surface area is 165 Å². The SMILES string of the molecule is Clc1ccccc1CN1CCC(n2c(C3CCC3)nc3cccnc32)CC1. The van der Waals surface area contributed by atoms with Crippen LogP contribution in [0.5, 0.6) is 0 Å². The van der Waals surface area contributed by atoms with Crippen molar-refractivity contribution in [2.45, 2.75) is 50.6 Å². The van der Waals surface area contributed by atoms with E-state index < -0.39 is 0 Å². The molecule has 0 radical (unpaired) electrons. The first kappa shape index (κ1) is 17.2. The van der Waals surface area contributed by atoms with E-state index in [9.17, 15) is 0 Å². The monoisotopic (exact) mass is 380 g/mol. The lowest BCUT2D eigenvalue weighted by atomic mass is 9.84. The van der Waals surface area contributed by atoms with E-state index >= 15 is 0 Å². The molecule has 1 saturated heterocycles. The fraction of sp³-hybridized carbons (Fsp3) is 0.455. The zero-order valence-electron chi connectivity index (χ0n) is 15.5. The number of fused-ring (bicyclic) bond motifs is 1. The lowest BCUT2D eigenvalue weighted by Gasteiger charge is -2.35. The highest BCUT2D eigenvalue weighted by molar-refractivity contribution is 6.31. The van der Waals surface area contributed by atoms with Crippen LogP contribution >= 0.6 is 11.6 Å². The standard InChI is InChI=1S/C22H25ClN4/c23-19-8-2-1-5-17(19)15-26-13-10-18(11-14-26)27-21(16-6-3-7-16)25-20-9-4-12-24-22(20)27/h1-2,4-5,8-9,12,16,18H,3,6-7,10-11,13-15H2. The fourth-order valence-electron chi connectivity index (χ4n) is 4.46. The maximum atomic E-state index is 6.35. The van der Waals surface area contributed by atoms with Gasteiger partial charge in [-0.2, -0.15) is 0 Å². The van der Waals surface area contributed by atoms with Gasteiger partial charge in [-0.25, -0.2) is 9.97 Å². The van der Waals surface area contributed by atoms with Crippen molar-refractivity contribution < 1.29 is 0 Å². The summed E-state index contributed by atoms with van der Waals surface area (Å²) in [7, 11) is 0. The maximum absolute atomic E-state index is 6.35. The summed E-state index contributed by atoms with van der Waals surface area (Å²) in [5.41, 5.74) is 3.35. The van der Waals surface area contributed by atoms with Crippen molar-refractivity contribution >= 4 is 22.8 Å². The Morgan fingerprint density at radius 1 is 1.00 bits per heavy atom. The average Bonchev–Trinajstić information content (AvgIpc) is 3.01. The first-order chi connectivity index (χ1) is 13.3. The van der Waals surface area contributed by atoms with Crippen LogP contribution in [-0.2, 0) is 6.54 Å². The highest BCUT2D eigenvalue weighted by Crippen LogP contribution is 2.39. The second kappa shape index (κ2) is 7.25. The molecule has 2 aromatic heterocycles. The Kier molecular flexibility index (Phi) is 4.62. The highest BCUT2D eigenvalue weighted by atomic mass is 35.5. The van der Waals surface area contributed by atoms with Crippen LogP contribution in [0.4, 0.5) is 0 Å². The van der Waals surface area contributed by atoms with Crippen LogP contribution in [-0.4, -0.2) is 32.5 Å². The Bertz CT molecular complexity index is 938. The minimum absolute atomic E-state index is 0.503. The van der Waals surface area contributed by atoms with E-state index in [0.29, 0.717) is 12.0 Å². The van der Waals surface area contributed by atoms with E-state index in [2.05, 4.69) is 32.7 Å². The second-order valence-electron chi connectivity index (χ2n) is 7.91. The van der Waals surface area contributed by atoms with Crippen molar-refractivity contribution in [2.24, 2.45) is 0 Å². The number of pyridine rings is 1. The topological polar surface area (TPSA) is 34.0 Å². The van der Waals surface area contributed by atoms with Gasteiger partial charge in [0, 0.05) is 42.8 Å². The number of halogens is 1. The molecule has 5 rings (SSSR count). The molecule has 2 fully saturated rings. The van der Waals surface area contributed by atoms with Gasteiger partial charge in [-0.05, 0) is 49.4 Å². The number of benzene rings is 1. The Morgan fingerprint density at radius 2 is 1.81 bits per heavy atom. The minimum Gasteiger partial charge on any atom is -0.309 e. The molecular weight excluding hydrogens is 356 g/mol. The minimum atomic E-state index is 0.503. The van der Waals surface area contributed by atoms with Crippen molar-refractivity contribution in [1.29, 1.82) is 0 Å². The Balaban J connectivity index is 1.36. The molecule has 3 heterocycles. The number of hydrogen-bond acceptors (Lipinski definition) is 3. The van der Waals surface area contributed by atoms with Crippen LogP contribution in [0.3, 0.4) is 0 Å². The van der Waals surface area contributed by atoms with Crippen LogP contribution in [0, 0.1) is 0 Å².